The molecule has 54 valence electrons. The van der Waals surface area contributed by atoms with Gasteiger partial charge in [-0.3, -0.25) is 0 Å². The van der Waals surface area contributed by atoms with Crippen molar-refractivity contribution in [3.05, 3.63) is 11.8 Å². The Labute approximate surface area is 58.2 Å². The molecule has 9 heavy (non-hydrogen) atoms. The first-order chi connectivity index (χ1) is 4.31. The van der Waals surface area contributed by atoms with Gasteiger partial charge in [-0.15, -0.1) is 0 Å². The van der Waals surface area contributed by atoms with Crippen LogP contribution in [0.1, 0.15) is 33.1 Å². The predicted octanol–water partition coefficient (Wildman–Crippen LogP) is 2.30. The van der Waals surface area contributed by atoms with E-state index < -0.39 is 0 Å². The third kappa shape index (κ3) is 5.41. The highest BCUT2D eigenvalue weighted by Gasteiger charge is 1.81. The average molecular weight is 127 g/mol. The molecule has 0 rings (SSSR count). The van der Waals surface area contributed by atoms with Crippen LogP contribution in [0.15, 0.2) is 11.8 Å². The number of unbranched alkanes of at least 4 members (excludes halogenated alkanes) is 2. The maximum atomic E-state index is 3.08. The Hall–Kier alpha value is -0.460. The molecule has 0 aromatic rings. The number of hydrogen-bond acceptors (Lipinski definition) is 1. The summed E-state index contributed by atoms with van der Waals surface area (Å²) in [6.45, 7) is 4.30. The Balaban J connectivity index is 3.21. The van der Waals surface area contributed by atoms with E-state index in [2.05, 4.69) is 25.2 Å². The largest absolute Gasteiger partial charge is 0.392 e. The molecule has 0 aliphatic rings. The van der Waals surface area contributed by atoms with Crippen LogP contribution < -0.4 is 5.32 Å². The highest BCUT2D eigenvalue weighted by molar-refractivity contribution is 4.93. The van der Waals surface area contributed by atoms with Crippen molar-refractivity contribution in [3.63, 3.8) is 0 Å². The van der Waals surface area contributed by atoms with Gasteiger partial charge in [0.1, 0.15) is 0 Å². The van der Waals surface area contributed by atoms with Crippen molar-refractivity contribution >= 4 is 0 Å². The van der Waals surface area contributed by atoms with E-state index in [0.29, 0.717) is 0 Å². The molecular weight excluding hydrogens is 110 g/mol. The fourth-order valence-corrected chi connectivity index (χ4v) is 0.625. The lowest BCUT2D eigenvalue weighted by Crippen LogP contribution is -2.00. The highest BCUT2D eigenvalue weighted by atomic mass is 14.8. The molecule has 0 saturated heterocycles. The Kier molecular flexibility index (Phi) is 5.38. The van der Waals surface area contributed by atoms with E-state index in [-0.39, 0.29) is 0 Å². The standard InChI is InChI=1S/C8H17N/c1-4-5-6-7-8(2)9-3/h7,9H,4-6H2,1-3H3/b8-7+. The lowest BCUT2D eigenvalue weighted by atomic mass is 10.2. The quantitative estimate of drug-likeness (QED) is 0.571. The Morgan fingerprint density at radius 3 is 2.67 bits per heavy atom. The molecule has 0 unspecified atom stereocenters. The van der Waals surface area contributed by atoms with Crippen LogP contribution in [0.5, 0.6) is 0 Å². The summed E-state index contributed by atoms with van der Waals surface area (Å²) in [5.74, 6) is 0. The van der Waals surface area contributed by atoms with Gasteiger partial charge in [-0.25, -0.2) is 0 Å². The summed E-state index contributed by atoms with van der Waals surface area (Å²) in [4.78, 5) is 0. The topological polar surface area (TPSA) is 12.0 Å². The lowest BCUT2D eigenvalue weighted by Gasteiger charge is -1.96. The fraction of sp³-hybridized carbons (Fsp3) is 0.750. The molecule has 1 N–H and O–H groups in total. The second-order valence-electron chi connectivity index (χ2n) is 2.28. The maximum absolute atomic E-state index is 3.08. The molecule has 0 saturated carbocycles. The molecule has 0 spiro atoms. The van der Waals surface area contributed by atoms with Crippen LogP contribution in [-0.4, -0.2) is 7.05 Å². The summed E-state index contributed by atoms with van der Waals surface area (Å²) in [6.07, 6.45) is 6.04. The zero-order chi connectivity index (χ0) is 7.11. The van der Waals surface area contributed by atoms with E-state index >= 15 is 0 Å². The van der Waals surface area contributed by atoms with Crippen LogP contribution in [0, 0.1) is 0 Å². The number of rotatable bonds is 4. The maximum Gasteiger partial charge on any atom is 0.00319 e. The smallest absolute Gasteiger partial charge is 0.00319 e. The van der Waals surface area contributed by atoms with Crippen molar-refractivity contribution in [2.45, 2.75) is 33.1 Å². The third-order valence-corrected chi connectivity index (χ3v) is 1.40. The molecular formula is C8H17N. The molecule has 0 aromatic carbocycles. The zero-order valence-electron chi connectivity index (χ0n) is 6.70. The summed E-state index contributed by atoms with van der Waals surface area (Å²) >= 11 is 0. The van der Waals surface area contributed by atoms with Crippen LogP contribution in [0.25, 0.3) is 0 Å². The second-order valence-corrected chi connectivity index (χ2v) is 2.28. The molecule has 0 aliphatic carbocycles. The van der Waals surface area contributed by atoms with Crippen molar-refractivity contribution < 1.29 is 0 Å². The van der Waals surface area contributed by atoms with Crippen LogP contribution >= 0.6 is 0 Å². The predicted molar refractivity (Wildman–Crippen MR) is 42.3 cm³/mol. The van der Waals surface area contributed by atoms with E-state index in [0.717, 1.165) is 0 Å². The van der Waals surface area contributed by atoms with Crippen molar-refractivity contribution in [2.75, 3.05) is 7.05 Å². The molecule has 0 radical (unpaired) electrons. The minimum atomic E-state index is 1.21. The van der Waals surface area contributed by atoms with Gasteiger partial charge in [0.15, 0.2) is 0 Å². The molecule has 1 nitrogen and oxygen atoms in total. The Morgan fingerprint density at radius 1 is 1.56 bits per heavy atom. The van der Waals surface area contributed by atoms with Gasteiger partial charge in [0.2, 0.25) is 0 Å². The number of nitrogens with one attached hydrogen (secondary N) is 1. The minimum absolute atomic E-state index is 1.21. The minimum Gasteiger partial charge on any atom is -0.392 e. The molecule has 0 amide bonds. The van der Waals surface area contributed by atoms with Gasteiger partial charge >= 0.3 is 0 Å². The van der Waals surface area contributed by atoms with Gasteiger partial charge in [-0.2, -0.15) is 0 Å². The first-order valence-corrected chi connectivity index (χ1v) is 3.65. The summed E-state index contributed by atoms with van der Waals surface area (Å²) < 4.78 is 0. The van der Waals surface area contributed by atoms with E-state index in [4.69, 9.17) is 0 Å². The average Bonchev–Trinajstić information content (AvgIpc) is 1.89. The van der Waals surface area contributed by atoms with Crippen LogP contribution in [0.2, 0.25) is 0 Å². The molecule has 0 aliphatic heterocycles. The van der Waals surface area contributed by atoms with E-state index in [9.17, 15) is 0 Å². The highest BCUT2D eigenvalue weighted by Crippen LogP contribution is 1.97. The van der Waals surface area contributed by atoms with Crippen LogP contribution in [-0.2, 0) is 0 Å². The van der Waals surface area contributed by atoms with E-state index in [1.165, 1.54) is 25.0 Å². The summed E-state index contributed by atoms with van der Waals surface area (Å²) in [5, 5.41) is 3.08. The SMILES string of the molecule is CCCC/C=C(\C)NC. The Bertz CT molecular complexity index is 84.6. The summed E-state index contributed by atoms with van der Waals surface area (Å²) in [7, 11) is 1.96. The molecule has 0 bridgehead atoms. The summed E-state index contributed by atoms with van der Waals surface area (Å²) in [6, 6.07) is 0. The first kappa shape index (κ1) is 8.54. The lowest BCUT2D eigenvalue weighted by molar-refractivity contribution is 0.802. The van der Waals surface area contributed by atoms with E-state index in [1.54, 1.807) is 0 Å². The normalized spacial score (nSPS) is 11.7. The zero-order valence-corrected chi connectivity index (χ0v) is 6.70. The van der Waals surface area contributed by atoms with E-state index in [1.807, 2.05) is 7.05 Å². The molecule has 1 heteroatoms. The van der Waals surface area contributed by atoms with Crippen molar-refractivity contribution in [1.82, 2.24) is 5.32 Å². The second kappa shape index (κ2) is 5.67. The van der Waals surface area contributed by atoms with Crippen molar-refractivity contribution in [3.8, 4) is 0 Å². The molecule has 0 aromatic heterocycles. The van der Waals surface area contributed by atoms with Gasteiger partial charge in [0.25, 0.3) is 0 Å². The van der Waals surface area contributed by atoms with Crippen LogP contribution in [0.4, 0.5) is 0 Å². The number of hydrogen-bond donors (Lipinski definition) is 1. The van der Waals surface area contributed by atoms with Crippen LogP contribution in [0.3, 0.4) is 0 Å². The van der Waals surface area contributed by atoms with Gasteiger partial charge in [-0.05, 0) is 13.3 Å². The van der Waals surface area contributed by atoms with Gasteiger partial charge in [0.05, 0.1) is 0 Å². The monoisotopic (exact) mass is 127 g/mol. The van der Waals surface area contributed by atoms with Gasteiger partial charge in [-0.1, -0.05) is 25.8 Å². The summed E-state index contributed by atoms with van der Waals surface area (Å²) in [5.41, 5.74) is 1.28. The van der Waals surface area contributed by atoms with Gasteiger partial charge in [0, 0.05) is 12.7 Å². The first-order valence-electron chi connectivity index (χ1n) is 3.65. The number of allylic oxidation sites excluding steroid dienone is 2. The van der Waals surface area contributed by atoms with Crippen molar-refractivity contribution in [2.24, 2.45) is 0 Å². The molecule has 0 atom stereocenters. The third-order valence-electron chi connectivity index (χ3n) is 1.40. The molecule has 0 heterocycles. The molecule has 0 fully saturated rings. The Morgan fingerprint density at radius 2 is 2.22 bits per heavy atom. The van der Waals surface area contributed by atoms with Gasteiger partial charge < -0.3 is 5.32 Å². The van der Waals surface area contributed by atoms with Crippen molar-refractivity contribution in [1.29, 1.82) is 0 Å². The fourth-order valence-electron chi connectivity index (χ4n) is 0.625.